The van der Waals surface area contributed by atoms with E-state index < -0.39 is 125 Å². The largest absolute Gasteiger partial charge is 0.416 e. The summed E-state index contributed by atoms with van der Waals surface area (Å²) in [7, 11) is 1.55. The van der Waals surface area contributed by atoms with E-state index in [0.717, 1.165) is 24.3 Å². The minimum absolute atomic E-state index is 0.0408. The first kappa shape index (κ1) is 54.7. The summed E-state index contributed by atoms with van der Waals surface area (Å²) < 4.78 is 108. The van der Waals surface area contributed by atoms with Crippen molar-refractivity contribution < 1.29 is 68.7 Å². The van der Waals surface area contributed by atoms with Crippen molar-refractivity contribution in [2.45, 2.75) is 137 Å². The van der Waals surface area contributed by atoms with Crippen LogP contribution >= 0.6 is 0 Å². The summed E-state index contributed by atoms with van der Waals surface area (Å²) in [6.07, 6.45) is -6.70. The Morgan fingerprint density at radius 2 is 1.06 bits per heavy atom. The topological polar surface area (TPSA) is 205 Å². The Kier molecular flexibility index (Phi) is 15.5. The van der Waals surface area contributed by atoms with Crippen molar-refractivity contribution in [3.63, 3.8) is 0 Å². The van der Waals surface area contributed by atoms with E-state index in [1.807, 2.05) is 0 Å². The van der Waals surface area contributed by atoms with E-state index in [-0.39, 0.29) is 74.9 Å². The zero-order valence-corrected chi connectivity index (χ0v) is 41.9. The number of amides is 9. The first-order chi connectivity index (χ1) is 36.5. The average molecular weight is 1090 g/mol. The van der Waals surface area contributed by atoms with E-state index >= 15 is 0 Å². The molecular formula is C52H58F8N10O7. The lowest BCUT2D eigenvalue weighted by Crippen LogP contribution is -2.62. The second-order valence-electron chi connectivity index (χ2n) is 20.7. The molecule has 4 saturated heterocycles. The van der Waals surface area contributed by atoms with E-state index in [9.17, 15) is 68.7 Å². The monoisotopic (exact) mass is 1090 g/mol. The number of hydrogen-bond donors (Lipinski definition) is 6. The van der Waals surface area contributed by atoms with Gasteiger partial charge in [-0.2, -0.15) is 26.3 Å². The van der Waals surface area contributed by atoms with Gasteiger partial charge in [-0.05, 0) is 125 Å². The van der Waals surface area contributed by atoms with E-state index in [1.165, 1.54) is 14.7 Å². The highest BCUT2D eigenvalue weighted by molar-refractivity contribution is 5.96. The number of carbonyl (C=O) groups is 7. The minimum Gasteiger partial charge on any atom is -0.351 e. The Bertz CT molecular complexity index is 2800. The molecule has 6 fully saturated rings. The Morgan fingerprint density at radius 3 is 1.55 bits per heavy atom. The number of likely N-dealkylation sites (N-methyl/N-ethyl adjacent to an activating group) is 1. The lowest BCUT2D eigenvalue weighted by Gasteiger charge is -2.39. The Balaban J connectivity index is 0.766. The molecule has 6 aliphatic rings. The van der Waals surface area contributed by atoms with Crippen LogP contribution in [-0.2, 0) is 36.3 Å². The number of benzene rings is 3. The molecule has 6 N–H and O–H groups in total. The molecule has 77 heavy (non-hydrogen) atoms. The van der Waals surface area contributed by atoms with Crippen LogP contribution in [0.5, 0.6) is 0 Å². The standard InChI is InChI=1S/C52H58F8N10O7/c1-26(61-2)45(72)66-41-25-68(19-16-32-10-14-43(70(32)48(41)75)47(74)65-40-24-36(40)34-12-4-28(22-38(34)54)52(58,59)60)50(77)63-30-7-5-29(6-8-30)62-49(76)67-18-15-31-9-13-42(69(31)44(71)17-20-67)46(73)64-39-23-35(39)33-11-3-27(21-37(33)53)51(55,56)57/h3-8,11-12,21-22,26,31-32,35-36,39-43,61H,9-10,13-20,23-25H2,1-2H3,(H,62,76)(H,63,77)(H,64,73)(H,65,74)(H,66,72)/t26-,31+,32+,35+,36+,39-,40-,41-,42-,43-/m0/s1. The Hall–Kier alpha value is -7.05. The number of fused-ring (bicyclic) bond motifs is 2. The van der Waals surface area contributed by atoms with Gasteiger partial charge in [-0.1, -0.05) is 12.1 Å². The van der Waals surface area contributed by atoms with Gasteiger partial charge in [0.25, 0.3) is 0 Å². The van der Waals surface area contributed by atoms with Gasteiger partial charge in [0.2, 0.25) is 29.5 Å². The van der Waals surface area contributed by atoms with Crippen molar-refractivity contribution in [2.75, 3.05) is 43.9 Å². The number of hydrogen-bond acceptors (Lipinski definition) is 8. The summed E-state index contributed by atoms with van der Waals surface area (Å²) in [4.78, 5) is 102. The molecule has 0 spiro atoms. The molecule has 9 rings (SSSR count). The van der Waals surface area contributed by atoms with Crippen molar-refractivity contribution in [1.82, 2.24) is 40.9 Å². The van der Waals surface area contributed by atoms with Crippen LogP contribution in [0.15, 0.2) is 60.7 Å². The number of nitrogens with zero attached hydrogens (tertiary/aromatic N) is 4. The molecule has 2 saturated carbocycles. The van der Waals surface area contributed by atoms with Gasteiger partial charge in [0, 0.05) is 73.4 Å². The third-order valence-electron chi connectivity index (χ3n) is 15.7. The van der Waals surface area contributed by atoms with Gasteiger partial charge in [-0.3, -0.25) is 24.0 Å². The summed E-state index contributed by atoms with van der Waals surface area (Å²) in [5.41, 5.74) is -1.40. The van der Waals surface area contributed by atoms with E-state index in [0.29, 0.717) is 55.6 Å². The van der Waals surface area contributed by atoms with Crippen LogP contribution in [0.25, 0.3) is 0 Å². The molecular weight excluding hydrogens is 1030 g/mol. The van der Waals surface area contributed by atoms with Gasteiger partial charge in [0.1, 0.15) is 29.8 Å². The van der Waals surface area contributed by atoms with Gasteiger partial charge in [-0.15, -0.1) is 0 Å². The first-order valence-electron chi connectivity index (χ1n) is 25.7. The molecule has 3 aromatic carbocycles. The summed E-state index contributed by atoms with van der Waals surface area (Å²) in [6, 6.07) is 4.12. The van der Waals surface area contributed by atoms with Crippen molar-refractivity contribution in [2.24, 2.45) is 0 Å². The van der Waals surface area contributed by atoms with Crippen LogP contribution < -0.4 is 31.9 Å². The summed E-state index contributed by atoms with van der Waals surface area (Å²) in [5, 5.41) is 16.8. The number of alkyl halides is 6. The van der Waals surface area contributed by atoms with Crippen LogP contribution in [0.2, 0.25) is 0 Å². The van der Waals surface area contributed by atoms with Crippen molar-refractivity contribution in [3.8, 4) is 0 Å². The second kappa shape index (κ2) is 21.8. The molecule has 0 bridgehead atoms. The van der Waals surface area contributed by atoms with Crippen molar-refractivity contribution >= 4 is 53.0 Å². The molecule has 9 amide bonds. The summed E-state index contributed by atoms with van der Waals surface area (Å²) in [5.74, 6) is -5.48. The van der Waals surface area contributed by atoms with Crippen LogP contribution in [0.4, 0.5) is 56.1 Å². The zero-order valence-electron chi connectivity index (χ0n) is 41.9. The summed E-state index contributed by atoms with van der Waals surface area (Å²) >= 11 is 0. The molecule has 4 heterocycles. The van der Waals surface area contributed by atoms with Gasteiger partial charge >= 0.3 is 24.4 Å². The van der Waals surface area contributed by atoms with E-state index in [2.05, 4.69) is 31.9 Å². The van der Waals surface area contributed by atoms with E-state index in [1.54, 1.807) is 43.1 Å². The number of halogens is 8. The van der Waals surface area contributed by atoms with Gasteiger partial charge in [-0.25, -0.2) is 18.4 Å². The van der Waals surface area contributed by atoms with Crippen LogP contribution in [0, 0.1) is 11.6 Å². The fourth-order valence-electron chi connectivity index (χ4n) is 11.1. The molecule has 0 radical (unpaired) electrons. The molecule has 25 heteroatoms. The molecule has 2 aliphatic carbocycles. The number of carbonyl (C=O) groups excluding carboxylic acids is 7. The van der Waals surface area contributed by atoms with Gasteiger partial charge in [0.15, 0.2) is 0 Å². The fourth-order valence-corrected chi connectivity index (χ4v) is 11.1. The molecule has 4 aliphatic heterocycles. The maximum absolute atomic E-state index is 14.8. The van der Waals surface area contributed by atoms with Crippen LogP contribution in [0.3, 0.4) is 0 Å². The normalized spacial score (nSPS) is 26.8. The highest BCUT2D eigenvalue weighted by atomic mass is 19.4. The van der Waals surface area contributed by atoms with Crippen molar-refractivity contribution in [3.05, 3.63) is 94.6 Å². The summed E-state index contributed by atoms with van der Waals surface area (Å²) in [6.45, 7) is 1.75. The van der Waals surface area contributed by atoms with Crippen LogP contribution in [-0.4, -0.2) is 143 Å². The third kappa shape index (κ3) is 12.1. The molecule has 0 aromatic heterocycles. The Morgan fingerprint density at radius 1 is 0.597 bits per heavy atom. The van der Waals surface area contributed by atoms with Gasteiger partial charge in [0.05, 0.1) is 23.7 Å². The quantitative estimate of drug-likeness (QED) is 0.125. The maximum Gasteiger partial charge on any atom is 0.416 e. The molecule has 0 unspecified atom stereocenters. The van der Waals surface area contributed by atoms with Gasteiger partial charge < -0.3 is 51.5 Å². The molecule has 10 atom stereocenters. The minimum atomic E-state index is -4.72. The lowest BCUT2D eigenvalue weighted by molar-refractivity contribution is -0.144. The Labute approximate surface area is 437 Å². The average Bonchev–Trinajstić information content (AvgIpc) is 4.24. The highest BCUT2D eigenvalue weighted by Crippen LogP contribution is 2.45. The van der Waals surface area contributed by atoms with Crippen LogP contribution in [0.1, 0.15) is 98.8 Å². The molecule has 414 valence electrons. The second-order valence-corrected chi connectivity index (χ2v) is 20.7. The fraction of sp³-hybridized carbons (Fsp3) is 0.519. The third-order valence-corrected chi connectivity index (χ3v) is 15.7. The first-order valence-corrected chi connectivity index (χ1v) is 25.7. The number of nitrogens with one attached hydrogen (secondary N) is 6. The molecule has 3 aromatic rings. The smallest absolute Gasteiger partial charge is 0.351 e. The predicted molar refractivity (Wildman–Crippen MR) is 261 cm³/mol. The molecule has 17 nitrogen and oxygen atoms in total. The lowest BCUT2D eigenvalue weighted by atomic mass is 10.1. The predicted octanol–water partition coefficient (Wildman–Crippen LogP) is 6.02. The highest BCUT2D eigenvalue weighted by Gasteiger charge is 2.50. The zero-order chi connectivity index (χ0) is 55.2. The SMILES string of the molecule is CN[C@@H](C)C(=O)N[C@H]1CN(C(=O)Nc2ccc(NC(=O)N3CCC(=O)N4[C@H](CC[C@H]4C(=O)N[C@H]4C[C@@H]4c4ccc(C(F)(F)F)cc4F)CC3)cc2)CC[C@H]2CC[C@@H](C(=O)N[C@H]3C[C@@H]3c3ccc(C(F)(F)F)cc3F)N2C1=O. The van der Waals surface area contributed by atoms with Crippen molar-refractivity contribution in [1.29, 1.82) is 0 Å². The maximum atomic E-state index is 14.8. The number of anilines is 2. The van der Waals surface area contributed by atoms with E-state index in [4.69, 9.17) is 0 Å². The number of rotatable bonds is 11. The number of urea groups is 2.